The summed E-state index contributed by atoms with van der Waals surface area (Å²) in [6.07, 6.45) is 0. The van der Waals surface area contributed by atoms with Crippen molar-refractivity contribution in [1.29, 1.82) is 0 Å². The molecule has 0 aromatic heterocycles. The van der Waals surface area contributed by atoms with Gasteiger partial charge >= 0.3 is 0 Å². The van der Waals surface area contributed by atoms with Crippen LogP contribution in [-0.2, 0) is 4.79 Å². The first-order valence-electron chi connectivity index (χ1n) is 5.46. The summed E-state index contributed by atoms with van der Waals surface area (Å²) in [5.41, 5.74) is 5.94. The quantitative estimate of drug-likeness (QED) is 0.858. The van der Waals surface area contributed by atoms with Gasteiger partial charge in [-0.2, -0.15) is 0 Å². The van der Waals surface area contributed by atoms with E-state index in [1.165, 1.54) is 14.2 Å². The first-order chi connectivity index (χ1) is 8.53. The van der Waals surface area contributed by atoms with E-state index >= 15 is 0 Å². The van der Waals surface area contributed by atoms with Crippen molar-refractivity contribution < 1.29 is 14.3 Å². The Hall–Kier alpha value is -1.46. The number of anilines is 1. The summed E-state index contributed by atoms with van der Waals surface area (Å²) in [6, 6.07) is 3.20. The van der Waals surface area contributed by atoms with E-state index < -0.39 is 0 Å². The van der Waals surface area contributed by atoms with Crippen LogP contribution in [0.5, 0.6) is 11.5 Å². The van der Waals surface area contributed by atoms with Gasteiger partial charge in [-0.25, -0.2) is 0 Å². The smallest absolute Gasteiger partial charge is 0.228 e. The van der Waals surface area contributed by atoms with E-state index in [0.29, 0.717) is 22.2 Å². The number of carbonyl (C=O) groups excluding carboxylic acids is 1. The molecule has 1 aromatic rings. The van der Waals surface area contributed by atoms with Gasteiger partial charge < -0.3 is 20.5 Å². The summed E-state index contributed by atoms with van der Waals surface area (Å²) < 4.78 is 10.2. The zero-order valence-corrected chi connectivity index (χ0v) is 11.4. The topological polar surface area (TPSA) is 73.6 Å². The Kier molecular flexibility index (Phi) is 5.25. The van der Waals surface area contributed by atoms with Crippen LogP contribution in [0.4, 0.5) is 5.69 Å². The number of nitrogens with one attached hydrogen (secondary N) is 1. The summed E-state index contributed by atoms with van der Waals surface area (Å²) in [5.74, 6) is 0.475. The van der Waals surface area contributed by atoms with Crippen LogP contribution < -0.4 is 20.5 Å². The van der Waals surface area contributed by atoms with Gasteiger partial charge in [0.25, 0.3) is 0 Å². The summed E-state index contributed by atoms with van der Waals surface area (Å²) in [4.78, 5) is 11.8. The number of amides is 1. The summed E-state index contributed by atoms with van der Waals surface area (Å²) >= 11 is 5.97. The van der Waals surface area contributed by atoms with Crippen molar-refractivity contribution in [1.82, 2.24) is 0 Å². The maximum atomic E-state index is 11.8. The molecule has 18 heavy (non-hydrogen) atoms. The van der Waals surface area contributed by atoms with Gasteiger partial charge in [0.05, 0.1) is 24.9 Å². The molecule has 0 radical (unpaired) electrons. The van der Waals surface area contributed by atoms with Gasteiger partial charge in [-0.05, 0) is 0 Å². The minimum Gasteiger partial charge on any atom is -0.495 e. The van der Waals surface area contributed by atoms with Crippen LogP contribution in [0.15, 0.2) is 12.1 Å². The predicted molar refractivity (Wildman–Crippen MR) is 71.4 cm³/mol. The monoisotopic (exact) mass is 272 g/mol. The van der Waals surface area contributed by atoms with E-state index in [2.05, 4.69) is 5.32 Å². The van der Waals surface area contributed by atoms with Crippen LogP contribution in [0.1, 0.15) is 6.92 Å². The second-order valence-electron chi connectivity index (χ2n) is 3.81. The van der Waals surface area contributed by atoms with Gasteiger partial charge in [-0.1, -0.05) is 18.5 Å². The number of hydrogen-bond donors (Lipinski definition) is 2. The first kappa shape index (κ1) is 14.6. The largest absolute Gasteiger partial charge is 0.495 e. The number of carbonyl (C=O) groups is 1. The number of methoxy groups -OCH3 is 2. The van der Waals surface area contributed by atoms with E-state index in [1.807, 2.05) is 0 Å². The number of hydrogen-bond acceptors (Lipinski definition) is 4. The average Bonchev–Trinajstić information content (AvgIpc) is 2.38. The standard InChI is InChI=1S/C12H17ClN2O3/c1-7(6-14)12(16)15-9-5-10(17-2)8(13)4-11(9)18-3/h4-5,7H,6,14H2,1-3H3,(H,15,16). The highest BCUT2D eigenvalue weighted by Crippen LogP contribution is 2.35. The van der Waals surface area contributed by atoms with Crippen LogP contribution in [-0.4, -0.2) is 26.7 Å². The molecule has 0 aliphatic rings. The van der Waals surface area contributed by atoms with Gasteiger partial charge in [0.2, 0.25) is 5.91 Å². The fourth-order valence-electron chi connectivity index (χ4n) is 1.32. The molecular formula is C12H17ClN2O3. The minimum absolute atomic E-state index is 0.180. The predicted octanol–water partition coefficient (Wildman–Crippen LogP) is 1.89. The molecule has 1 unspecified atom stereocenters. The molecule has 0 saturated carbocycles. The van der Waals surface area contributed by atoms with Gasteiger partial charge in [0.15, 0.2) is 0 Å². The molecule has 1 amide bonds. The lowest BCUT2D eigenvalue weighted by molar-refractivity contribution is -0.119. The van der Waals surface area contributed by atoms with Gasteiger partial charge in [0, 0.05) is 24.6 Å². The van der Waals surface area contributed by atoms with Gasteiger partial charge in [-0.15, -0.1) is 0 Å². The minimum atomic E-state index is -0.281. The molecule has 1 aromatic carbocycles. The molecule has 0 saturated heterocycles. The lowest BCUT2D eigenvalue weighted by atomic mass is 10.1. The van der Waals surface area contributed by atoms with Gasteiger partial charge in [-0.3, -0.25) is 4.79 Å². The van der Waals surface area contributed by atoms with E-state index in [-0.39, 0.29) is 18.4 Å². The van der Waals surface area contributed by atoms with E-state index in [9.17, 15) is 4.79 Å². The number of benzene rings is 1. The molecule has 0 fully saturated rings. The molecule has 5 nitrogen and oxygen atoms in total. The van der Waals surface area contributed by atoms with Crippen LogP contribution in [0, 0.1) is 5.92 Å². The highest BCUT2D eigenvalue weighted by atomic mass is 35.5. The number of rotatable bonds is 5. The fourth-order valence-corrected chi connectivity index (χ4v) is 1.55. The maximum Gasteiger partial charge on any atom is 0.228 e. The Morgan fingerprint density at radius 1 is 1.39 bits per heavy atom. The third-order valence-corrected chi connectivity index (χ3v) is 2.83. The van der Waals surface area contributed by atoms with E-state index in [1.54, 1.807) is 19.1 Å². The molecule has 0 heterocycles. The Balaban J connectivity index is 3.03. The molecule has 0 spiro atoms. The molecule has 6 heteroatoms. The van der Waals surface area contributed by atoms with Crippen molar-refractivity contribution in [2.24, 2.45) is 11.7 Å². The molecular weight excluding hydrogens is 256 g/mol. The zero-order chi connectivity index (χ0) is 13.7. The molecule has 100 valence electrons. The third kappa shape index (κ3) is 3.27. The molecule has 0 bridgehead atoms. The Morgan fingerprint density at radius 2 is 2.00 bits per heavy atom. The molecule has 1 rings (SSSR count). The second-order valence-corrected chi connectivity index (χ2v) is 4.22. The van der Waals surface area contributed by atoms with Crippen molar-refractivity contribution in [2.75, 3.05) is 26.1 Å². The summed E-state index contributed by atoms with van der Waals surface area (Å²) in [5, 5.41) is 3.15. The molecule has 1 atom stereocenters. The van der Waals surface area contributed by atoms with E-state index in [4.69, 9.17) is 26.8 Å². The third-order valence-electron chi connectivity index (χ3n) is 2.53. The van der Waals surface area contributed by atoms with Crippen molar-refractivity contribution in [2.45, 2.75) is 6.92 Å². The summed E-state index contributed by atoms with van der Waals surface area (Å²) in [6.45, 7) is 2.02. The Labute approximate surface area is 111 Å². The second kappa shape index (κ2) is 6.47. The molecule has 0 aliphatic heterocycles. The van der Waals surface area contributed by atoms with Crippen molar-refractivity contribution >= 4 is 23.2 Å². The molecule has 3 N–H and O–H groups in total. The first-order valence-corrected chi connectivity index (χ1v) is 5.83. The van der Waals surface area contributed by atoms with Crippen molar-refractivity contribution in [3.05, 3.63) is 17.2 Å². The maximum absolute atomic E-state index is 11.8. The molecule has 0 aliphatic carbocycles. The fraction of sp³-hybridized carbons (Fsp3) is 0.417. The number of nitrogens with two attached hydrogens (primary N) is 1. The van der Waals surface area contributed by atoms with Gasteiger partial charge in [0.1, 0.15) is 11.5 Å². The van der Waals surface area contributed by atoms with Crippen LogP contribution in [0.2, 0.25) is 5.02 Å². The van der Waals surface area contributed by atoms with Crippen molar-refractivity contribution in [3.8, 4) is 11.5 Å². The average molecular weight is 273 g/mol. The van der Waals surface area contributed by atoms with Crippen LogP contribution in [0.3, 0.4) is 0 Å². The normalized spacial score (nSPS) is 11.8. The van der Waals surface area contributed by atoms with Crippen LogP contribution >= 0.6 is 11.6 Å². The highest BCUT2D eigenvalue weighted by molar-refractivity contribution is 6.32. The van der Waals surface area contributed by atoms with Crippen molar-refractivity contribution in [3.63, 3.8) is 0 Å². The Bertz CT molecular complexity index is 438. The lowest BCUT2D eigenvalue weighted by Gasteiger charge is -2.15. The van der Waals surface area contributed by atoms with Crippen LogP contribution in [0.25, 0.3) is 0 Å². The number of ether oxygens (including phenoxy) is 2. The van der Waals surface area contributed by atoms with E-state index in [0.717, 1.165) is 0 Å². The lowest BCUT2D eigenvalue weighted by Crippen LogP contribution is -2.26. The highest BCUT2D eigenvalue weighted by Gasteiger charge is 2.15. The number of halogens is 1. The Morgan fingerprint density at radius 3 is 2.50 bits per heavy atom. The summed E-state index contributed by atoms with van der Waals surface area (Å²) in [7, 11) is 3.00. The SMILES string of the molecule is COc1cc(NC(=O)C(C)CN)c(OC)cc1Cl. The zero-order valence-electron chi connectivity index (χ0n) is 10.6.